The number of aromatic carboxylic acids is 1. The Morgan fingerprint density at radius 2 is 1.85 bits per heavy atom. The molecular weight excluding hydrogens is 338 g/mol. The first-order chi connectivity index (χ1) is 13.2. The van der Waals surface area contributed by atoms with E-state index in [1.807, 2.05) is 6.07 Å². The minimum Gasteiger partial charge on any atom is -0.477 e. The van der Waals surface area contributed by atoms with E-state index in [0.717, 1.165) is 31.8 Å². The fourth-order valence-corrected chi connectivity index (χ4v) is 3.69. The molecule has 0 aliphatic carbocycles. The molecule has 5 heteroatoms. The third kappa shape index (κ3) is 6.36. The van der Waals surface area contributed by atoms with Gasteiger partial charge in [0, 0.05) is 6.54 Å². The molecule has 2 N–H and O–H groups in total. The van der Waals surface area contributed by atoms with Gasteiger partial charge in [-0.1, -0.05) is 36.4 Å². The molecule has 1 aliphatic rings. The number of pyridine rings is 1. The van der Waals surface area contributed by atoms with Crippen molar-refractivity contribution in [3.63, 3.8) is 0 Å². The lowest BCUT2D eigenvalue weighted by molar-refractivity contribution is 0.0690. The van der Waals surface area contributed by atoms with Crippen LogP contribution in [0.2, 0.25) is 0 Å². The van der Waals surface area contributed by atoms with Gasteiger partial charge in [-0.2, -0.15) is 0 Å². The fourth-order valence-electron chi connectivity index (χ4n) is 3.69. The topological polar surface area (TPSA) is 65.5 Å². The van der Waals surface area contributed by atoms with E-state index in [-0.39, 0.29) is 5.69 Å². The van der Waals surface area contributed by atoms with Gasteiger partial charge in [0.25, 0.3) is 0 Å². The minimum absolute atomic E-state index is 0.0818. The van der Waals surface area contributed by atoms with Gasteiger partial charge in [0.15, 0.2) is 5.69 Å². The predicted molar refractivity (Wildman–Crippen MR) is 108 cm³/mol. The monoisotopic (exact) mass is 367 g/mol. The Morgan fingerprint density at radius 3 is 2.59 bits per heavy atom. The number of aromatic nitrogens is 1. The summed E-state index contributed by atoms with van der Waals surface area (Å²) < 4.78 is 0. The fraction of sp³-hybridized carbons (Fsp3) is 0.455. The summed E-state index contributed by atoms with van der Waals surface area (Å²) in [4.78, 5) is 17.6. The first-order valence-corrected chi connectivity index (χ1v) is 9.91. The summed E-state index contributed by atoms with van der Waals surface area (Å²) in [5.74, 6) is 0.462. The highest BCUT2D eigenvalue weighted by atomic mass is 16.4. The Labute approximate surface area is 161 Å². The molecule has 5 nitrogen and oxygen atoms in total. The number of carbonyl (C=O) groups is 1. The van der Waals surface area contributed by atoms with Gasteiger partial charge in [0.05, 0.1) is 0 Å². The molecule has 27 heavy (non-hydrogen) atoms. The zero-order chi connectivity index (χ0) is 18.9. The molecule has 1 aliphatic heterocycles. The number of unbranched alkanes of at least 4 members (excludes halogenated alkanes) is 1. The van der Waals surface area contributed by atoms with Gasteiger partial charge >= 0.3 is 5.97 Å². The van der Waals surface area contributed by atoms with Gasteiger partial charge in [-0.05, 0) is 75.4 Å². The highest BCUT2D eigenvalue weighted by Crippen LogP contribution is 2.21. The summed E-state index contributed by atoms with van der Waals surface area (Å²) >= 11 is 0. The van der Waals surface area contributed by atoms with Crippen LogP contribution >= 0.6 is 0 Å². The first-order valence-electron chi connectivity index (χ1n) is 9.91. The summed E-state index contributed by atoms with van der Waals surface area (Å²) in [6.45, 7) is 4.36. The van der Waals surface area contributed by atoms with Crippen molar-refractivity contribution in [3.05, 3.63) is 59.8 Å². The van der Waals surface area contributed by atoms with Crippen molar-refractivity contribution in [1.29, 1.82) is 0 Å². The van der Waals surface area contributed by atoms with E-state index in [1.165, 1.54) is 44.0 Å². The van der Waals surface area contributed by atoms with Crippen molar-refractivity contribution >= 4 is 11.8 Å². The quantitative estimate of drug-likeness (QED) is 0.658. The molecule has 0 amide bonds. The average Bonchev–Trinajstić information content (AvgIpc) is 2.70. The molecule has 1 fully saturated rings. The number of rotatable bonds is 9. The Bertz CT molecular complexity index is 713. The summed E-state index contributed by atoms with van der Waals surface area (Å²) in [7, 11) is 0. The maximum atomic E-state index is 10.9. The van der Waals surface area contributed by atoms with E-state index >= 15 is 0 Å². The molecule has 3 rings (SSSR count). The van der Waals surface area contributed by atoms with Crippen molar-refractivity contribution in [2.45, 2.75) is 32.1 Å². The van der Waals surface area contributed by atoms with E-state index in [2.05, 4.69) is 45.5 Å². The van der Waals surface area contributed by atoms with Crippen LogP contribution in [0.4, 0.5) is 5.82 Å². The summed E-state index contributed by atoms with van der Waals surface area (Å²) in [6.07, 6.45) is 6.00. The van der Waals surface area contributed by atoms with Gasteiger partial charge in [-0.25, -0.2) is 9.78 Å². The Morgan fingerprint density at radius 1 is 1.07 bits per heavy atom. The van der Waals surface area contributed by atoms with Crippen LogP contribution in [0.25, 0.3) is 0 Å². The van der Waals surface area contributed by atoms with E-state index in [9.17, 15) is 4.79 Å². The second kappa shape index (κ2) is 10.1. The lowest BCUT2D eigenvalue weighted by atomic mass is 9.90. The number of benzene rings is 1. The molecule has 1 saturated heterocycles. The van der Waals surface area contributed by atoms with Crippen molar-refractivity contribution < 1.29 is 9.90 Å². The van der Waals surface area contributed by atoms with E-state index in [4.69, 9.17) is 5.11 Å². The van der Waals surface area contributed by atoms with Crippen LogP contribution in [-0.2, 0) is 6.42 Å². The van der Waals surface area contributed by atoms with Crippen LogP contribution in [0.1, 0.15) is 41.7 Å². The van der Waals surface area contributed by atoms with E-state index in [1.54, 1.807) is 6.07 Å². The molecule has 1 aromatic heterocycles. The normalized spacial score (nSPS) is 15.6. The second-order valence-corrected chi connectivity index (χ2v) is 7.32. The third-order valence-corrected chi connectivity index (χ3v) is 5.25. The molecule has 2 aromatic rings. The number of carboxylic acid groups (broad SMARTS) is 1. The maximum absolute atomic E-state index is 10.9. The predicted octanol–water partition coefficient (Wildman–Crippen LogP) is 3.93. The molecule has 0 atom stereocenters. The van der Waals surface area contributed by atoms with Crippen LogP contribution < -0.4 is 5.32 Å². The number of nitrogens with zero attached hydrogens (tertiary/aromatic N) is 2. The molecule has 144 valence electrons. The summed E-state index contributed by atoms with van der Waals surface area (Å²) in [5, 5.41) is 12.2. The Balaban J connectivity index is 1.28. The molecule has 0 saturated carbocycles. The van der Waals surface area contributed by atoms with E-state index < -0.39 is 5.97 Å². The minimum atomic E-state index is -0.991. The van der Waals surface area contributed by atoms with Crippen LogP contribution in [-0.4, -0.2) is 47.1 Å². The first kappa shape index (κ1) is 19.4. The average molecular weight is 367 g/mol. The molecule has 0 unspecified atom stereocenters. The number of likely N-dealkylation sites (tertiary alicyclic amines) is 1. The number of hydrogen-bond donors (Lipinski definition) is 2. The van der Waals surface area contributed by atoms with Crippen LogP contribution in [0.3, 0.4) is 0 Å². The zero-order valence-corrected chi connectivity index (χ0v) is 15.8. The van der Waals surface area contributed by atoms with Crippen LogP contribution in [0.15, 0.2) is 48.5 Å². The van der Waals surface area contributed by atoms with Crippen molar-refractivity contribution in [1.82, 2.24) is 9.88 Å². The maximum Gasteiger partial charge on any atom is 0.354 e. The number of anilines is 1. The Kier molecular flexibility index (Phi) is 7.22. The molecule has 2 heterocycles. The van der Waals surface area contributed by atoms with Crippen molar-refractivity contribution in [2.24, 2.45) is 5.92 Å². The standard InChI is InChI=1S/C22H29N3O2/c26-22(27)20-9-6-10-21(24-20)23-13-4-5-14-25-15-11-19(12-16-25)17-18-7-2-1-3-8-18/h1-3,6-10,19H,4-5,11-17H2,(H,23,24)(H,26,27). The van der Waals surface area contributed by atoms with Gasteiger partial charge in [0.2, 0.25) is 0 Å². The highest BCUT2D eigenvalue weighted by Gasteiger charge is 2.18. The van der Waals surface area contributed by atoms with Gasteiger partial charge in [-0.15, -0.1) is 0 Å². The number of carboxylic acids is 1. The molecule has 1 aromatic carbocycles. The number of hydrogen-bond acceptors (Lipinski definition) is 4. The third-order valence-electron chi connectivity index (χ3n) is 5.25. The summed E-state index contributed by atoms with van der Waals surface area (Å²) in [6, 6.07) is 15.9. The van der Waals surface area contributed by atoms with Gasteiger partial charge < -0.3 is 15.3 Å². The Hall–Kier alpha value is -2.40. The lowest BCUT2D eigenvalue weighted by Gasteiger charge is -2.32. The van der Waals surface area contributed by atoms with Crippen molar-refractivity contribution in [2.75, 3.05) is 31.5 Å². The SMILES string of the molecule is O=C(O)c1cccc(NCCCCN2CCC(Cc3ccccc3)CC2)n1. The molecular formula is C22H29N3O2. The number of piperidine rings is 1. The highest BCUT2D eigenvalue weighted by molar-refractivity contribution is 5.85. The second-order valence-electron chi connectivity index (χ2n) is 7.32. The van der Waals surface area contributed by atoms with Crippen LogP contribution in [0.5, 0.6) is 0 Å². The molecule has 0 bridgehead atoms. The van der Waals surface area contributed by atoms with Crippen molar-refractivity contribution in [3.8, 4) is 0 Å². The van der Waals surface area contributed by atoms with Gasteiger partial charge in [-0.3, -0.25) is 0 Å². The zero-order valence-electron chi connectivity index (χ0n) is 15.8. The largest absolute Gasteiger partial charge is 0.477 e. The summed E-state index contributed by atoms with van der Waals surface area (Å²) in [5.41, 5.74) is 1.54. The molecule has 0 radical (unpaired) electrons. The molecule has 0 spiro atoms. The van der Waals surface area contributed by atoms with E-state index in [0.29, 0.717) is 5.82 Å². The van der Waals surface area contributed by atoms with Crippen LogP contribution in [0, 0.1) is 5.92 Å². The lowest BCUT2D eigenvalue weighted by Crippen LogP contribution is -2.35. The number of nitrogens with one attached hydrogen (secondary N) is 1. The smallest absolute Gasteiger partial charge is 0.354 e. The van der Waals surface area contributed by atoms with Gasteiger partial charge in [0.1, 0.15) is 5.82 Å².